The number of sulfonamides is 2. The lowest BCUT2D eigenvalue weighted by atomic mass is 10.1. The number of hydrogen-bond acceptors (Lipinski definition) is 5. The fourth-order valence-corrected chi connectivity index (χ4v) is 7.54. The zero-order valence-corrected chi connectivity index (χ0v) is 21.2. The van der Waals surface area contributed by atoms with Gasteiger partial charge < -0.3 is 4.90 Å². The van der Waals surface area contributed by atoms with E-state index < -0.39 is 20.0 Å². The number of anilines is 1. The topological polar surface area (TPSA) is 104 Å². The molecule has 0 aromatic heterocycles. The summed E-state index contributed by atoms with van der Waals surface area (Å²) in [5, 5.41) is 0. The van der Waals surface area contributed by atoms with Crippen molar-refractivity contribution in [1.82, 2.24) is 9.03 Å². The number of nitrogens with one attached hydrogen (secondary N) is 1. The highest BCUT2D eigenvalue weighted by Crippen LogP contribution is 2.32. The highest BCUT2D eigenvalue weighted by Gasteiger charge is 2.29. The predicted molar refractivity (Wildman–Crippen MR) is 131 cm³/mol. The Balaban J connectivity index is 1.52. The molecule has 1 saturated carbocycles. The second-order valence-electron chi connectivity index (χ2n) is 8.71. The van der Waals surface area contributed by atoms with E-state index in [0.29, 0.717) is 37.3 Å². The molecule has 34 heavy (non-hydrogen) atoms. The molecule has 1 N–H and O–H groups in total. The first-order valence-corrected chi connectivity index (χ1v) is 14.7. The Hall–Kier alpha value is -2.27. The Morgan fingerprint density at radius 3 is 2.21 bits per heavy atom. The molecule has 0 saturated heterocycles. The van der Waals surface area contributed by atoms with Crippen LogP contribution in [0, 0.1) is 0 Å². The Morgan fingerprint density at radius 2 is 1.59 bits per heavy atom. The fraction of sp³-hybridized carbons (Fsp3) is 0.458. The SMILES string of the molecule is CCN(CC)S(=O)(=O)c1ccc(C(=O)N2CCc3cc(S(=O)(=O)NC4CCCC4)ccc32)cc1. The van der Waals surface area contributed by atoms with E-state index in [0.717, 1.165) is 31.2 Å². The maximum atomic E-state index is 13.2. The van der Waals surface area contributed by atoms with Crippen LogP contribution < -0.4 is 9.62 Å². The van der Waals surface area contributed by atoms with Gasteiger partial charge in [0.2, 0.25) is 20.0 Å². The van der Waals surface area contributed by atoms with Gasteiger partial charge in [-0.3, -0.25) is 4.79 Å². The molecule has 2 aliphatic rings. The quantitative estimate of drug-likeness (QED) is 0.594. The summed E-state index contributed by atoms with van der Waals surface area (Å²) in [5.74, 6) is -0.245. The van der Waals surface area contributed by atoms with Gasteiger partial charge in [-0.2, -0.15) is 4.31 Å². The van der Waals surface area contributed by atoms with E-state index in [1.165, 1.54) is 28.6 Å². The molecular formula is C24H31N3O5S2. The van der Waals surface area contributed by atoms with Crippen molar-refractivity contribution in [2.24, 2.45) is 0 Å². The minimum absolute atomic E-state index is 0.00940. The van der Waals surface area contributed by atoms with E-state index in [4.69, 9.17) is 0 Å². The number of carbonyl (C=O) groups excluding carboxylic acids is 1. The summed E-state index contributed by atoms with van der Waals surface area (Å²) in [5.41, 5.74) is 1.87. The Kier molecular flexibility index (Phi) is 7.14. The largest absolute Gasteiger partial charge is 0.308 e. The molecule has 184 valence electrons. The predicted octanol–water partition coefficient (Wildman–Crippen LogP) is 3.14. The first kappa shape index (κ1) is 24.8. The summed E-state index contributed by atoms with van der Waals surface area (Å²) in [4.78, 5) is 15.2. The summed E-state index contributed by atoms with van der Waals surface area (Å²) in [6.07, 6.45) is 4.36. The van der Waals surface area contributed by atoms with E-state index in [1.807, 2.05) is 0 Å². The number of rotatable bonds is 8. The molecule has 1 fully saturated rings. The first-order chi connectivity index (χ1) is 16.2. The van der Waals surface area contributed by atoms with Crippen LogP contribution in [0.2, 0.25) is 0 Å². The molecule has 1 heterocycles. The van der Waals surface area contributed by atoms with Gasteiger partial charge in [0.05, 0.1) is 9.79 Å². The van der Waals surface area contributed by atoms with Gasteiger partial charge in [0.25, 0.3) is 5.91 Å². The number of hydrogen-bond donors (Lipinski definition) is 1. The molecule has 2 aromatic carbocycles. The van der Waals surface area contributed by atoms with Crippen molar-refractivity contribution in [3.63, 3.8) is 0 Å². The first-order valence-electron chi connectivity index (χ1n) is 11.7. The van der Waals surface area contributed by atoms with E-state index in [9.17, 15) is 21.6 Å². The second kappa shape index (κ2) is 9.77. The zero-order chi connectivity index (χ0) is 24.5. The summed E-state index contributed by atoms with van der Waals surface area (Å²) in [6.45, 7) is 4.75. The Morgan fingerprint density at radius 1 is 0.971 bits per heavy atom. The molecule has 0 unspecified atom stereocenters. The highest BCUT2D eigenvalue weighted by atomic mass is 32.2. The summed E-state index contributed by atoms with van der Waals surface area (Å²) < 4.78 is 55.1. The number of fused-ring (bicyclic) bond motifs is 1. The van der Waals surface area contributed by atoms with Crippen molar-refractivity contribution in [1.29, 1.82) is 0 Å². The van der Waals surface area contributed by atoms with Gasteiger partial charge in [-0.25, -0.2) is 21.6 Å². The molecule has 1 aliphatic carbocycles. The van der Waals surface area contributed by atoms with Crippen LogP contribution >= 0.6 is 0 Å². The lowest BCUT2D eigenvalue weighted by molar-refractivity contribution is 0.0989. The number of nitrogens with zero attached hydrogens (tertiary/aromatic N) is 2. The smallest absolute Gasteiger partial charge is 0.258 e. The Bertz CT molecular complexity index is 1260. The van der Waals surface area contributed by atoms with Crippen LogP contribution in [0.3, 0.4) is 0 Å². The molecule has 0 radical (unpaired) electrons. The average Bonchev–Trinajstić information content (AvgIpc) is 3.48. The zero-order valence-electron chi connectivity index (χ0n) is 19.5. The maximum absolute atomic E-state index is 13.2. The summed E-state index contributed by atoms with van der Waals surface area (Å²) >= 11 is 0. The van der Waals surface area contributed by atoms with Crippen molar-refractivity contribution in [3.8, 4) is 0 Å². The van der Waals surface area contributed by atoms with E-state index in [2.05, 4.69) is 4.72 Å². The van der Waals surface area contributed by atoms with E-state index >= 15 is 0 Å². The van der Waals surface area contributed by atoms with Crippen LogP contribution in [-0.2, 0) is 26.5 Å². The Labute approximate surface area is 202 Å². The lowest BCUT2D eigenvalue weighted by Crippen LogP contribution is -2.32. The van der Waals surface area contributed by atoms with Crippen molar-refractivity contribution in [2.75, 3.05) is 24.5 Å². The molecule has 1 aliphatic heterocycles. The van der Waals surface area contributed by atoms with Gasteiger partial charge in [0, 0.05) is 36.9 Å². The van der Waals surface area contributed by atoms with Gasteiger partial charge >= 0.3 is 0 Å². The average molecular weight is 506 g/mol. The van der Waals surface area contributed by atoms with Crippen LogP contribution in [0.25, 0.3) is 0 Å². The van der Waals surface area contributed by atoms with Crippen molar-refractivity contribution in [2.45, 2.75) is 61.8 Å². The third kappa shape index (κ3) is 4.77. The normalized spacial score (nSPS) is 16.9. The van der Waals surface area contributed by atoms with Crippen LogP contribution in [0.1, 0.15) is 55.5 Å². The summed E-state index contributed by atoms with van der Waals surface area (Å²) in [7, 11) is -7.19. The second-order valence-corrected chi connectivity index (χ2v) is 12.4. The van der Waals surface area contributed by atoms with Gasteiger partial charge in [-0.05, 0) is 67.3 Å². The fourth-order valence-electron chi connectivity index (χ4n) is 4.73. The molecule has 1 amide bonds. The van der Waals surface area contributed by atoms with Crippen molar-refractivity contribution < 1.29 is 21.6 Å². The van der Waals surface area contributed by atoms with Gasteiger partial charge in [0.15, 0.2) is 0 Å². The maximum Gasteiger partial charge on any atom is 0.258 e. The number of benzene rings is 2. The lowest BCUT2D eigenvalue weighted by Gasteiger charge is -2.20. The monoisotopic (exact) mass is 505 g/mol. The third-order valence-electron chi connectivity index (χ3n) is 6.62. The third-order valence-corrected chi connectivity index (χ3v) is 10.2. The number of amides is 1. The van der Waals surface area contributed by atoms with Crippen molar-refractivity contribution in [3.05, 3.63) is 53.6 Å². The molecule has 8 nitrogen and oxygen atoms in total. The van der Waals surface area contributed by atoms with Crippen LogP contribution in [0.15, 0.2) is 52.3 Å². The van der Waals surface area contributed by atoms with Gasteiger partial charge in [-0.1, -0.05) is 26.7 Å². The van der Waals surface area contributed by atoms with E-state index in [1.54, 1.807) is 36.9 Å². The molecule has 0 atom stereocenters. The van der Waals surface area contributed by atoms with Gasteiger partial charge in [0.1, 0.15) is 0 Å². The number of carbonyl (C=O) groups is 1. The minimum Gasteiger partial charge on any atom is -0.308 e. The van der Waals surface area contributed by atoms with Crippen LogP contribution in [0.4, 0.5) is 5.69 Å². The standard InChI is InChI=1S/C24H31N3O5S2/c1-3-26(4-2)34(31,32)21-11-9-18(10-12-21)24(28)27-16-15-19-17-22(13-14-23(19)27)33(29,30)25-20-7-5-6-8-20/h9-14,17,20,25H,3-8,15-16H2,1-2H3. The van der Waals surface area contributed by atoms with E-state index in [-0.39, 0.29) is 21.7 Å². The van der Waals surface area contributed by atoms with Crippen molar-refractivity contribution >= 4 is 31.6 Å². The molecule has 10 heteroatoms. The molecule has 0 spiro atoms. The highest BCUT2D eigenvalue weighted by molar-refractivity contribution is 7.89. The summed E-state index contributed by atoms with van der Waals surface area (Å²) in [6, 6.07) is 10.8. The van der Waals surface area contributed by atoms with Crippen LogP contribution in [0.5, 0.6) is 0 Å². The van der Waals surface area contributed by atoms with Gasteiger partial charge in [-0.15, -0.1) is 0 Å². The van der Waals surface area contributed by atoms with Crippen LogP contribution in [-0.4, -0.2) is 52.7 Å². The molecule has 2 aromatic rings. The minimum atomic E-state index is -3.60. The molecule has 0 bridgehead atoms. The molecule has 4 rings (SSSR count). The molecular weight excluding hydrogens is 474 g/mol.